The Balaban J connectivity index is 1.70. The van der Waals surface area contributed by atoms with Crippen molar-refractivity contribution in [2.45, 2.75) is 144 Å². The third-order valence-corrected chi connectivity index (χ3v) is 12.7. The van der Waals surface area contributed by atoms with Crippen LogP contribution in [0.3, 0.4) is 0 Å². The monoisotopic (exact) mass is 726 g/mol. The second kappa shape index (κ2) is 16.2. The smallest absolute Gasteiger partial charge is 0.347 e. The van der Waals surface area contributed by atoms with Gasteiger partial charge in [-0.25, -0.2) is 9.59 Å². The molecule has 1 aromatic rings. The van der Waals surface area contributed by atoms with Gasteiger partial charge in [0.2, 0.25) is 0 Å². The minimum Gasteiger partial charge on any atom is -0.478 e. The summed E-state index contributed by atoms with van der Waals surface area (Å²) < 4.78 is 32.7. The third-order valence-electron chi connectivity index (χ3n) is 11.0. The number of fused-ring (bicyclic) bond motifs is 1. The second-order valence-corrected chi connectivity index (χ2v) is 22.8. The van der Waals surface area contributed by atoms with E-state index >= 15 is 0 Å². The van der Waals surface area contributed by atoms with E-state index in [4.69, 9.17) is 23.1 Å². The van der Waals surface area contributed by atoms with Gasteiger partial charge in [-0.3, -0.25) is 0 Å². The Bertz CT molecular complexity index is 1360. The highest BCUT2D eigenvalue weighted by atomic mass is 28.3. The first-order chi connectivity index (χ1) is 23.2. The molecule has 9 heteroatoms. The van der Waals surface area contributed by atoms with Gasteiger partial charge >= 0.3 is 11.9 Å². The molecule has 1 fully saturated rings. The molecule has 0 saturated carbocycles. The van der Waals surface area contributed by atoms with Crippen LogP contribution in [0.4, 0.5) is 0 Å². The van der Waals surface area contributed by atoms with Crippen LogP contribution >= 0.6 is 0 Å². The summed E-state index contributed by atoms with van der Waals surface area (Å²) in [5, 5.41) is 0. The predicted octanol–water partition coefficient (Wildman–Crippen LogP) is 8.68. The Kier molecular flexibility index (Phi) is 13.2. The first-order valence-corrected chi connectivity index (χ1v) is 24.6. The van der Waals surface area contributed by atoms with Crippen molar-refractivity contribution in [1.82, 2.24) is 0 Å². The van der Waals surface area contributed by atoms with Gasteiger partial charge in [0.1, 0.15) is 24.1 Å². The first-order valence-electron chi connectivity index (χ1n) is 19.1. The summed E-state index contributed by atoms with van der Waals surface area (Å²) in [7, 11) is -3.07. The fourth-order valence-electron chi connectivity index (χ4n) is 8.23. The lowest BCUT2D eigenvalue weighted by Gasteiger charge is -2.54. The number of allylic oxidation sites excluding steroid dienone is 2. The number of esters is 2. The number of rotatable bonds is 12. The van der Waals surface area contributed by atoms with E-state index in [0.29, 0.717) is 25.0 Å². The fraction of sp³-hybridized carbons (Fsp3) is 0.707. The van der Waals surface area contributed by atoms with Crippen molar-refractivity contribution in [3.63, 3.8) is 0 Å². The molecule has 1 heterocycles. The number of para-hydroxylation sites is 1. The molecule has 1 aliphatic heterocycles. The van der Waals surface area contributed by atoms with E-state index in [-0.39, 0.29) is 58.5 Å². The van der Waals surface area contributed by atoms with Gasteiger partial charge in [-0.15, -0.1) is 0 Å². The minimum absolute atomic E-state index is 0.0242. The Morgan fingerprint density at radius 2 is 1.64 bits per heavy atom. The largest absolute Gasteiger partial charge is 0.478 e. The fourth-order valence-corrected chi connectivity index (χ4v) is 10.5. The Hall–Kier alpha value is -2.21. The van der Waals surface area contributed by atoms with E-state index < -0.39 is 42.0 Å². The van der Waals surface area contributed by atoms with E-state index in [9.17, 15) is 9.59 Å². The number of benzene rings is 1. The van der Waals surface area contributed by atoms with Gasteiger partial charge in [0, 0.05) is 23.7 Å². The van der Waals surface area contributed by atoms with Crippen LogP contribution in [0.15, 0.2) is 54.1 Å². The topological polar surface area (TPSA) is 80.3 Å². The van der Waals surface area contributed by atoms with E-state index in [2.05, 4.69) is 92.9 Å². The number of hydrogen-bond acceptors (Lipinski definition) is 7. The van der Waals surface area contributed by atoms with E-state index in [0.717, 1.165) is 6.42 Å². The summed E-state index contributed by atoms with van der Waals surface area (Å²) in [5.74, 6) is 0.165. The van der Waals surface area contributed by atoms with Crippen molar-refractivity contribution < 1.29 is 32.7 Å². The molecule has 280 valence electrons. The highest BCUT2D eigenvalue weighted by Gasteiger charge is 2.55. The lowest BCUT2D eigenvalue weighted by Crippen LogP contribution is -2.58. The average Bonchev–Trinajstić information content (AvgIpc) is 3.00. The van der Waals surface area contributed by atoms with Gasteiger partial charge in [0.15, 0.2) is 24.2 Å². The number of carbonyl (C=O) groups excluding carboxylic acids is 2. The van der Waals surface area contributed by atoms with Gasteiger partial charge in [0.05, 0.1) is 5.60 Å². The molecular weight excluding hydrogens is 661 g/mol. The van der Waals surface area contributed by atoms with Gasteiger partial charge in [-0.2, -0.15) is 0 Å². The van der Waals surface area contributed by atoms with E-state index in [1.807, 2.05) is 44.2 Å². The maximum absolute atomic E-state index is 14.2. The molecule has 7 nitrogen and oxygen atoms in total. The van der Waals surface area contributed by atoms with Crippen LogP contribution in [0.5, 0.6) is 5.75 Å². The third kappa shape index (κ3) is 9.61. The zero-order valence-electron chi connectivity index (χ0n) is 33.2. The summed E-state index contributed by atoms with van der Waals surface area (Å²) in [5.41, 5.74) is 0.421. The van der Waals surface area contributed by atoms with Crippen LogP contribution in [-0.2, 0) is 27.9 Å². The molecule has 2 aliphatic carbocycles. The Morgan fingerprint density at radius 1 is 0.980 bits per heavy atom. The van der Waals surface area contributed by atoms with Crippen LogP contribution in [0.2, 0.25) is 26.2 Å². The lowest BCUT2D eigenvalue weighted by molar-refractivity contribution is -0.180. The molecule has 0 aromatic heterocycles. The van der Waals surface area contributed by atoms with Gasteiger partial charge in [-0.05, 0) is 86.3 Å². The molecule has 0 amide bonds. The SMILES string of the molecule is CC(C)C(Oc1ccccc1)C(=O)O[C@H]1C[C@H](C(C)(C)C)C=C2C=C[C@H](C)[C@](CC[C@@H]3C[C@H](C(C)(C)C)C(O[SiH](C)C)C(=O)O3)(O[SiH](C)C)[C@H]21. The van der Waals surface area contributed by atoms with Crippen LogP contribution in [0.1, 0.15) is 88.0 Å². The van der Waals surface area contributed by atoms with Crippen molar-refractivity contribution in [2.75, 3.05) is 0 Å². The second-order valence-electron chi connectivity index (χ2n) is 18.1. The number of ether oxygens (including phenoxy) is 3. The van der Waals surface area contributed by atoms with Crippen LogP contribution in [0, 0.1) is 40.4 Å². The summed E-state index contributed by atoms with van der Waals surface area (Å²) in [4.78, 5) is 27.7. The summed E-state index contributed by atoms with van der Waals surface area (Å²) >= 11 is 0. The molecule has 1 aromatic carbocycles. The standard InChI is InChI=1S/C41H66O7Si2/c1-26(2)35(44-30-17-15-14-16-18-30)37(42)46-33-24-29(39(4,5)6)23-28-20-19-27(3)41(34(28)33,48-50(12)13)22-21-31-25-32(40(7,8)9)36(38(43)45-31)47-49(10)11/h14-20,23,26-27,29,31-36,49-50H,21-22,24-25H2,1-13H3/t27-,29+,31+,32-,33-,34+,35?,36?,41-/m0/s1. The maximum Gasteiger partial charge on any atom is 0.347 e. The van der Waals surface area contributed by atoms with E-state index in [1.54, 1.807) is 0 Å². The van der Waals surface area contributed by atoms with Crippen molar-refractivity contribution in [3.8, 4) is 5.75 Å². The predicted molar refractivity (Wildman–Crippen MR) is 206 cm³/mol. The maximum atomic E-state index is 14.2. The molecule has 0 radical (unpaired) electrons. The van der Waals surface area contributed by atoms with Gasteiger partial charge < -0.3 is 23.1 Å². The molecule has 1 saturated heterocycles. The molecule has 0 N–H and O–H groups in total. The highest BCUT2D eigenvalue weighted by molar-refractivity contribution is 6.49. The van der Waals surface area contributed by atoms with Crippen molar-refractivity contribution in [3.05, 3.63) is 54.1 Å². The minimum atomic E-state index is -1.61. The first kappa shape index (κ1) is 40.6. The molecule has 0 bridgehead atoms. The van der Waals surface area contributed by atoms with Crippen molar-refractivity contribution in [1.29, 1.82) is 0 Å². The molecule has 50 heavy (non-hydrogen) atoms. The number of carbonyl (C=O) groups is 2. The van der Waals surface area contributed by atoms with Crippen molar-refractivity contribution >= 4 is 30.0 Å². The Morgan fingerprint density at radius 3 is 2.20 bits per heavy atom. The van der Waals surface area contributed by atoms with Crippen molar-refractivity contribution in [2.24, 2.45) is 40.4 Å². The summed E-state index contributed by atoms with van der Waals surface area (Å²) in [6.07, 6.45) is 7.84. The van der Waals surface area contributed by atoms with Crippen LogP contribution in [0.25, 0.3) is 0 Å². The molecule has 3 aliphatic rings. The van der Waals surface area contributed by atoms with Crippen LogP contribution < -0.4 is 4.74 Å². The summed E-state index contributed by atoms with van der Waals surface area (Å²) in [6.45, 7) is 28.2. The average molecular weight is 727 g/mol. The quantitative estimate of drug-likeness (QED) is 0.158. The molecule has 9 atom stereocenters. The summed E-state index contributed by atoms with van der Waals surface area (Å²) in [6, 6.07) is 9.51. The molecule has 4 rings (SSSR count). The Labute approximate surface area is 306 Å². The zero-order valence-corrected chi connectivity index (χ0v) is 35.5. The molecular formula is C41H66O7Si2. The lowest BCUT2D eigenvalue weighted by atomic mass is 9.59. The highest BCUT2D eigenvalue weighted by Crippen LogP contribution is 2.53. The molecule has 2 unspecified atom stereocenters. The molecule has 0 spiro atoms. The van der Waals surface area contributed by atoms with E-state index in [1.165, 1.54) is 5.57 Å². The van der Waals surface area contributed by atoms with Gasteiger partial charge in [-0.1, -0.05) is 98.7 Å². The number of hydrogen-bond donors (Lipinski definition) is 0. The normalized spacial score (nSPS) is 30.9. The van der Waals surface area contributed by atoms with Gasteiger partial charge in [0.25, 0.3) is 0 Å². The number of cyclic esters (lactones) is 1. The van der Waals surface area contributed by atoms with Crippen LogP contribution in [-0.4, -0.2) is 60.0 Å². The zero-order chi connectivity index (χ0) is 37.2.